The van der Waals surface area contributed by atoms with Crippen molar-refractivity contribution in [3.63, 3.8) is 0 Å². The van der Waals surface area contributed by atoms with Crippen molar-refractivity contribution < 1.29 is 9.90 Å². The van der Waals surface area contributed by atoms with Gasteiger partial charge in [0.1, 0.15) is 11.3 Å². The average Bonchev–Trinajstić information content (AvgIpc) is 3.34. The second-order valence-electron chi connectivity index (χ2n) is 6.89. The summed E-state index contributed by atoms with van der Waals surface area (Å²) in [5, 5.41) is 25.4. The summed E-state index contributed by atoms with van der Waals surface area (Å²) < 4.78 is 2.00. The van der Waals surface area contributed by atoms with Crippen LogP contribution < -0.4 is 0 Å². The number of β-amino-alcohol motifs (C(OH)–C–C–N with tert-alkyl or cyclic N) is 1. The predicted octanol–water partition coefficient (Wildman–Crippen LogP) is 1.16. The average molecular weight is 330 g/mol. The molecule has 2 aliphatic rings. The number of hydrogen-bond acceptors (Lipinski definition) is 5. The molecule has 2 N–H and O–H groups in total. The molecule has 1 aliphatic heterocycles. The lowest BCUT2D eigenvalue weighted by Gasteiger charge is -2.21. The van der Waals surface area contributed by atoms with Gasteiger partial charge >= 0.3 is 0 Å². The van der Waals surface area contributed by atoms with Crippen molar-refractivity contribution in [2.24, 2.45) is 0 Å². The van der Waals surface area contributed by atoms with Crippen LogP contribution in [0.3, 0.4) is 0 Å². The van der Waals surface area contributed by atoms with Crippen LogP contribution in [0.1, 0.15) is 59.9 Å². The number of hydrogen-bond donors (Lipinski definition) is 2. The van der Waals surface area contributed by atoms with Gasteiger partial charge in [-0.2, -0.15) is 20.5 Å². The Hall–Kier alpha value is -2.22. The van der Waals surface area contributed by atoms with E-state index in [1.54, 1.807) is 11.1 Å². The van der Waals surface area contributed by atoms with E-state index in [0.29, 0.717) is 30.3 Å². The Morgan fingerprint density at radius 2 is 2.17 bits per heavy atom. The van der Waals surface area contributed by atoms with E-state index in [1.165, 1.54) is 19.0 Å². The summed E-state index contributed by atoms with van der Waals surface area (Å²) in [7, 11) is 0. The highest BCUT2D eigenvalue weighted by atomic mass is 16.3. The van der Waals surface area contributed by atoms with E-state index in [4.69, 9.17) is 0 Å². The number of aromatic amines is 1. The van der Waals surface area contributed by atoms with Gasteiger partial charge in [0.25, 0.3) is 5.91 Å². The number of carbonyl (C=O) groups excluding carboxylic acids is 1. The lowest BCUT2D eigenvalue weighted by atomic mass is 10.00. The molecule has 1 saturated carbocycles. The monoisotopic (exact) mass is 330 g/mol. The lowest BCUT2D eigenvalue weighted by Crippen LogP contribution is -2.34. The van der Waals surface area contributed by atoms with Crippen LogP contribution in [0.5, 0.6) is 0 Å². The number of rotatable bonds is 3. The van der Waals surface area contributed by atoms with Gasteiger partial charge < -0.3 is 10.0 Å². The fraction of sp³-hybridized carbons (Fsp3) is 0.625. The van der Waals surface area contributed by atoms with Crippen LogP contribution in [0.25, 0.3) is 0 Å². The Morgan fingerprint density at radius 3 is 2.88 bits per heavy atom. The number of aliphatic hydroxyl groups is 1. The number of carbonyl (C=O) groups is 1. The van der Waals surface area contributed by atoms with Crippen molar-refractivity contribution in [1.29, 1.82) is 0 Å². The smallest absolute Gasteiger partial charge is 0.257 e. The first-order valence-electron chi connectivity index (χ1n) is 8.50. The zero-order valence-corrected chi connectivity index (χ0v) is 13.8. The predicted molar refractivity (Wildman–Crippen MR) is 85.3 cm³/mol. The first kappa shape index (κ1) is 15.3. The molecule has 1 aliphatic carbocycles. The third kappa shape index (κ3) is 2.41. The third-order valence-electron chi connectivity index (χ3n) is 5.37. The second-order valence-corrected chi connectivity index (χ2v) is 6.89. The van der Waals surface area contributed by atoms with Gasteiger partial charge in [-0.05, 0) is 19.8 Å². The van der Waals surface area contributed by atoms with E-state index < -0.39 is 5.60 Å². The summed E-state index contributed by atoms with van der Waals surface area (Å²) in [6.45, 7) is 2.68. The van der Waals surface area contributed by atoms with E-state index in [9.17, 15) is 9.90 Å². The molecule has 8 heteroatoms. The minimum absolute atomic E-state index is 0.0730. The Balaban J connectivity index is 1.53. The van der Waals surface area contributed by atoms with Gasteiger partial charge in [-0.3, -0.25) is 9.48 Å². The van der Waals surface area contributed by atoms with Crippen molar-refractivity contribution in [1.82, 2.24) is 30.1 Å². The SMILES string of the molecule is Cc1c(C(=O)N2CC[C@](O)(c3cn[nH]n3)C2)cnn1C1CCCC1. The van der Waals surface area contributed by atoms with Gasteiger partial charge in [0.15, 0.2) is 0 Å². The van der Waals surface area contributed by atoms with Crippen molar-refractivity contribution in [3.8, 4) is 0 Å². The molecule has 0 unspecified atom stereocenters. The van der Waals surface area contributed by atoms with Crippen LogP contribution in [0, 0.1) is 6.92 Å². The summed E-state index contributed by atoms with van der Waals surface area (Å²) in [5.41, 5.74) is 0.907. The molecule has 2 aromatic heterocycles. The molecule has 1 amide bonds. The number of likely N-dealkylation sites (tertiary alicyclic amines) is 1. The van der Waals surface area contributed by atoms with E-state index in [2.05, 4.69) is 20.5 Å². The fourth-order valence-corrected chi connectivity index (χ4v) is 3.92. The highest BCUT2D eigenvalue weighted by Gasteiger charge is 2.42. The molecule has 128 valence electrons. The summed E-state index contributed by atoms with van der Waals surface area (Å²) in [6.07, 6.45) is 8.35. The van der Waals surface area contributed by atoms with Crippen molar-refractivity contribution in [2.75, 3.05) is 13.1 Å². The molecular weight excluding hydrogens is 308 g/mol. The standard InChI is InChI=1S/C16H22N6O2/c1-11-13(8-18-22(11)12-4-2-3-5-12)15(23)21-7-6-16(24,10-21)14-9-17-20-19-14/h8-9,12,24H,2-7,10H2,1H3,(H,17,19,20)/t16-/m1/s1. The maximum atomic E-state index is 12.9. The molecule has 1 atom stereocenters. The van der Waals surface area contributed by atoms with E-state index in [-0.39, 0.29) is 12.5 Å². The number of aromatic nitrogens is 5. The van der Waals surface area contributed by atoms with Crippen LogP contribution in [-0.4, -0.2) is 54.2 Å². The van der Waals surface area contributed by atoms with Gasteiger partial charge in [-0.15, -0.1) is 0 Å². The summed E-state index contributed by atoms with van der Waals surface area (Å²) in [6, 6.07) is 0.414. The number of H-pyrrole nitrogens is 1. The fourth-order valence-electron chi connectivity index (χ4n) is 3.92. The molecular formula is C16H22N6O2. The lowest BCUT2D eigenvalue weighted by molar-refractivity contribution is 0.0382. The zero-order chi connectivity index (χ0) is 16.7. The summed E-state index contributed by atoms with van der Waals surface area (Å²) >= 11 is 0. The number of nitrogens with one attached hydrogen (secondary N) is 1. The molecule has 3 heterocycles. The van der Waals surface area contributed by atoms with Gasteiger partial charge in [0.2, 0.25) is 0 Å². The molecule has 0 bridgehead atoms. The molecule has 8 nitrogen and oxygen atoms in total. The Kier molecular flexibility index (Phi) is 3.64. The van der Waals surface area contributed by atoms with Gasteiger partial charge in [-0.1, -0.05) is 12.8 Å². The molecule has 2 fully saturated rings. The van der Waals surface area contributed by atoms with E-state index in [0.717, 1.165) is 18.5 Å². The second kappa shape index (κ2) is 5.70. The third-order valence-corrected chi connectivity index (χ3v) is 5.37. The van der Waals surface area contributed by atoms with Gasteiger partial charge in [0.05, 0.1) is 30.5 Å². The van der Waals surface area contributed by atoms with Crippen LogP contribution in [0.4, 0.5) is 0 Å². The molecule has 0 radical (unpaired) electrons. The van der Waals surface area contributed by atoms with Crippen LogP contribution in [0.2, 0.25) is 0 Å². The normalized spacial score (nSPS) is 24.8. The molecule has 24 heavy (non-hydrogen) atoms. The summed E-state index contributed by atoms with van der Waals surface area (Å²) in [5.74, 6) is -0.0730. The van der Waals surface area contributed by atoms with Crippen molar-refractivity contribution in [3.05, 3.63) is 29.3 Å². The topological polar surface area (TPSA) is 99.9 Å². The molecule has 1 saturated heterocycles. The Morgan fingerprint density at radius 1 is 1.38 bits per heavy atom. The van der Waals surface area contributed by atoms with Gasteiger partial charge in [0, 0.05) is 18.7 Å². The Bertz CT molecular complexity index is 734. The maximum Gasteiger partial charge on any atom is 0.257 e. The first-order chi connectivity index (χ1) is 11.6. The van der Waals surface area contributed by atoms with Crippen molar-refractivity contribution >= 4 is 5.91 Å². The first-order valence-corrected chi connectivity index (χ1v) is 8.50. The quantitative estimate of drug-likeness (QED) is 0.879. The molecule has 4 rings (SSSR count). The number of nitrogens with zero attached hydrogens (tertiary/aromatic N) is 5. The zero-order valence-electron chi connectivity index (χ0n) is 13.8. The largest absolute Gasteiger partial charge is 0.381 e. The number of amides is 1. The van der Waals surface area contributed by atoms with Crippen molar-refractivity contribution in [2.45, 2.75) is 50.7 Å². The van der Waals surface area contributed by atoms with E-state index in [1.807, 2.05) is 11.6 Å². The molecule has 0 spiro atoms. The molecule has 2 aromatic rings. The maximum absolute atomic E-state index is 12.9. The molecule has 0 aromatic carbocycles. The minimum atomic E-state index is -1.13. The van der Waals surface area contributed by atoms with Crippen LogP contribution in [0.15, 0.2) is 12.4 Å². The van der Waals surface area contributed by atoms with Gasteiger partial charge in [-0.25, -0.2) is 0 Å². The van der Waals surface area contributed by atoms with E-state index >= 15 is 0 Å². The minimum Gasteiger partial charge on any atom is -0.381 e. The highest BCUT2D eigenvalue weighted by Crippen LogP contribution is 2.33. The van der Waals surface area contributed by atoms with Crippen LogP contribution in [-0.2, 0) is 5.60 Å². The summed E-state index contributed by atoms with van der Waals surface area (Å²) in [4.78, 5) is 14.5. The van der Waals surface area contributed by atoms with Crippen LogP contribution >= 0.6 is 0 Å². The highest BCUT2D eigenvalue weighted by molar-refractivity contribution is 5.95. The Labute approximate surface area is 139 Å².